The third-order valence-electron chi connectivity index (χ3n) is 5.85. The largest absolute Gasteiger partial charge is 0.465 e. The number of Topliss-reactive ketones (excluding diaryl/α,β-unsaturated/α-hetero) is 1. The first-order valence-electron chi connectivity index (χ1n) is 11.9. The maximum atomic E-state index is 13.3. The first kappa shape index (κ1) is 25.9. The molecule has 35 heavy (non-hydrogen) atoms. The smallest absolute Gasteiger partial charge is 0.405 e. The van der Waals surface area contributed by atoms with Gasteiger partial charge in [-0.05, 0) is 43.6 Å². The molecule has 2 atom stereocenters. The number of carboxylic acid groups (broad SMARTS) is 1. The molecular weight excluding hydrogens is 452 g/mol. The summed E-state index contributed by atoms with van der Waals surface area (Å²) < 4.78 is 5.34. The number of rotatable bonds is 11. The SMILES string of the molecule is CC(C)CC(NC(=O)O)C(=O)NC(CCc1ccccc1)C(=O)c1nc(C(=O)N2CCCC2)co1. The molecule has 0 radical (unpaired) electrons. The Morgan fingerprint density at radius 3 is 2.37 bits per heavy atom. The predicted octanol–water partition coefficient (Wildman–Crippen LogP) is 2.89. The molecular formula is C25H32N4O6. The molecule has 3 amide bonds. The van der Waals surface area contributed by atoms with E-state index in [0.29, 0.717) is 19.5 Å². The number of aryl methyl sites for hydroxylation is 1. The lowest BCUT2D eigenvalue weighted by Gasteiger charge is -2.22. The number of hydrogen-bond acceptors (Lipinski definition) is 6. The number of benzene rings is 1. The average molecular weight is 485 g/mol. The molecule has 1 aromatic carbocycles. The third-order valence-corrected chi connectivity index (χ3v) is 5.85. The molecule has 1 fully saturated rings. The summed E-state index contributed by atoms with van der Waals surface area (Å²) in [6, 6.07) is 7.43. The van der Waals surface area contributed by atoms with E-state index in [-0.39, 0.29) is 36.3 Å². The van der Waals surface area contributed by atoms with Crippen molar-refractivity contribution in [1.82, 2.24) is 20.5 Å². The number of aromatic nitrogens is 1. The Morgan fingerprint density at radius 2 is 1.74 bits per heavy atom. The molecule has 2 unspecified atom stereocenters. The van der Waals surface area contributed by atoms with Crippen LogP contribution in [0.3, 0.4) is 0 Å². The zero-order chi connectivity index (χ0) is 25.4. The van der Waals surface area contributed by atoms with Gasteiger partial charge in [0.2, 0.25) is 11.7 Å². The molecule has 0 bridgehead atoms. The Hall–Kier alpha value is -3.69. The van der Waals surface area contributed by atoms with Crippen molar-refractivity contribution in [2.75, 3.05) is 13.1 Å². The predicted molar refractivity (Wildman–Crippen MR) is 127 cm³/mol. The van der Waals surface area contributed by atoms with Gasteiger partial charge in [0, 0.05) is 13.1 Å². The van der Waals surface area contributed by atoms with Crippen molar-refractivity contribution in [3.63, 3.8) is 0 Å². The fourth-order valence-electron chi connectivity index (χ4n) is 4.07. The van der Waals surface area contributed by atoms with Gasteiger partial charge in [-0.3, -0.25) is 14.4 Å². The van der Waals surface area contributed by atoms with Crippen molar-refractivity contribution in [3.05, 3.63) is 53.7 Å². The lowest BCUT2D eigenvalue weighted by atomic mass is 9.99. The van der Waals surface area contributed by atoms with Gasteiger partial charge in [0.15, 0.2) is 5.69 Å². The van der Waals surface area contributed by atoms with Gasteiger partial charge in [-0.15, -0.1) is 0 Å². The molecule has 2 aromatic rings. The van der Waals surface area contributed by atoms with Crippen LogP contribution in [0.2, 0.25) is 0 Å². The van der Waals surface area contributed by atoms with Crippen LogP contribution in [-0.2, 0) is 11.2 Å². The van der Waals surface area contributed by atoms with E-state index in [1.165, 1.54) is 0 Å². The second-order valence-corrected chi connectivity index (χ2v) is 9.12. The molecule has 1 aliphatic heterocycles. The number of nitrogens with zero attached hydrogens (tertiary/aromatic N) is 2. The summed E-state index contributed by atoms with van der Waals surface area (Å²) in [7, 11) is 0. The molecule has 3 N–H and O–H groups in total. The van der Waals surface area contributed by atoms with Crippen LogP contribution in [0, 0.1) is 5.92 Å². The van der Waals surface area contributed by atoms with E-state index in [2.05, 4.69) is 15.6 Å². The van der Waals surface area contributed by atoms with E-state index in [4.69, 9.17) is 9.52 Å². The highest BCUT2D eigenvalue weighted by molar-refractivity contribution is 6.00. The van der Waals surface area contributed by atoms with Crippen LogP contribution >= 0.6 is 0 Å². The third kappa shape index (κ3) is 7.40. The average Bonchev–Trinajstić information content (AvgIpc) is 3.53. The fourth-order valence-corrected chi connectivity index (χ4v) is 4.07. The molecule has 0 aliphatic carbocycles. The second-order valence-electron chi connectivity index (χ2n) is 9.12. The van der Waals surface area contributed by atoms with Crippen molar-refractivity contribution in [2.45, 2.75) is 58.0 Å². The minimum Gasteiger partial charge on any atom is -0.465 e. The maximum absolute atomic E-state index is 13.3. The highest BCUT2D eigenvalue weighted by atomic mass is 16.4. The number of likely N-dealkylation sites (tertiary alicyclic amines) is 1. The molecule has 0 spiro atoms. The van der Waals surface area contributed by atoms with E-state index < -0.39 is 29.9 Å². The van der Waals surface area contributed by atoms with E-state index in [1.807, 2.05) is 44.2 Å². The first-order chi connectivity index (χ1) is 16.7. The molecule has 10 nitrogen and oxygen atoms in total. The van der Waals surface area contributed by atoms with Crippen LogP contribution in [0.25, 0.3) is 0 Å². The van der Waals surface area contributed by atoms with Crippen molar-refractivity contribution < 1.29 is 28.7 Å². The summed E-state index contributed by atoms with van der Waals surface area (Å²) in [5, 5.41) is 14.0. The van der Waals surface area contributed by atoms with Gasteiger partial charge in [-0.1, -0.05) is 44.2 Å². The summed E-state index contributed by atoms with van der Waals surface area (Å²) in [4.78, 5) is 55.8. The molecule has 2 heterocycles. The Bertz CT molecular complexity index is 1030. The number of carbonyl (C=O) groups is 4. The first-order valence-corrected chi connectivity index (χ1v) is 11.9. The van der Waals surface area contributed by atoms with Crippen LogP contribution in [0.1, 0.15) is 66.3 Å². The van der Waals surface area contributed by atoms with Gasteiger partial charge < -0.3 is 25.1 Å². The van der Waals surface area contributed by atoms with Gasteiger partial charge in [0.05, 0.1) is 6.04 Å². The van der Waals surface area contributed by atoms with E-state index in [1.54, 1.807) is 4.90 Å². The summed E-state index contributed by atoms with van der Waals surface area (Å²) >= 11 is 0. The zero-order valence-electron chi connectivity index (χ0n) is 20.0. The number of hydrogen-bond donors (Lipinski definition) is 3. The van der Waals surface area contributed by atoms with Crippen molar-refractivity contribution in [3.8, 4) is 0 Å². The summed E-state index contributed by atoms with van der Waals surface area (Å²) in [5.41, 5.74) is 1.02. The van der Waals surface area contributed by atoms with E-state index >= 15 is 0 Å². The van der Waals surface area contributed by atoms with Crippen LogP contribution in [0.4, 0.5) is 4.79 Å². The van der Waals surface area contributed by atoms with Gasteiger partial charge >= 0.3 is 6.09 Å². The quantitative estimate of drug-likeness (QED) is 0.416. The topological polar surface area (TPSA) is 142 Å². The Balaban J connectivity index is 1.77. The lowest BCUT2D eigenvalue weighted by Crippen LogP contribution is -2.52. The maximum Gasteiger partial charge on any atom is 0.405 e. The standard InChI is InChI=1S/C25H32N4O6/c1-16(2)14-19(28-25(33)34)22(31)26-18(11-10-17-8-4-3-5-9-17)21(30)23-27-20(15-35-23)24(32)29-12-6-7-13-29/h3-5,8-9,15-16,18-19,28H,6-7,10-14H2,1-2H3,(H,26,31)(H,33,34). The van der Waals surface area contributed by atoms with Crippen LogP contribution in [0.15, 0.2) is 41.0 Å². The van der Waals surface area contributed by atoms with Crippen LogP contribution in [-0.4, -0.2) is 63.9 Å². The highest BCUT2D eigenvalue weighted by Crippen LogP contribution is 2.16. The lowest BCUT2D eigenvalue weighted by molar-refractivity contribution is -0.124. The number of carbonyl (C=O) groups excluding carboxylic acids is 3. The minimum atomic E-state index is -1.32. The van der Waals surface area contributed by atoms with Gasteiger partial charge in [-0.25, -0.2) is 9.78 Å². The number of nitrogens with one attached hydrogen (secondary N) is 2. The van der Waals surface area contributed by atoms with E-state index in [9.17, 15) is 19.2 Å². The molecule has 0 saturated carbocycles. The number of oxazole rings is 1. The summed E-state index contributed by atoms with van der Waals surface area (Å²) in [6.07, 6.45) is 2.68. The molecule has 10 heteroatoms. The molecule has 1 aliphatic rings. The van der Waals surface area contributed by atoms with Crippen molar-refractivity contribution in [1.29, 1.82) is 0 Å². The van der Waals surface area contributed by atoms with Gasteiger partial charge in [0.25, 0.3) is 11.8 Å². The molecule has 188 valence electrons. The molecule has 1 aromatic heterocycles. The Morgan fingerprint density at radius 1 is 1.06 bits per heavy atom. The Labute approximate surface area is 204 Å². The van der Waals surface area contributed by atoms with Gasteiger partial charge in [0.1, 0.15) is 12.3 Å². The van der Waals surface area contributed by atoms with Crippen molar-refractivity contribution >= 4 is 23.7 Å². The van der Waals surface area contributed by atoms with Crippen LogP contribution in [0.5, 0.6) is 0 Å². The second kappa shape index (κ2) is 12.1. The zero-order valence-corrected chi connectivity index (χ0v) is 20.0. The minimum absolute atomic E-state index is 0.0435. The van der Waals surface area contributed by atoms with Crippen molar-refractivity contribution in [2.24, 2.45) is 5.92 Å². The van der Waals surface area contributed by atoms with Gasteiger partial charge in [-0.2, -0.15) is 0 Å². The number of amides is 3. The summed E-state index contributed by atoms with van der Waals surface area (Å²) in [5.74, 6) is -1.70. The fraction of sp³-hybridized carbons (Fsp3) is 0.480. The molecule has 1 saturated heterocycles. The Kier molecular flexibility index (Phi) is 8.99. The summed E-state index contributed by atoms with van der Waals surface area (Å²) in [6.45, 7) is 5.01. The molecule has 3 rings (SSSR count). The number of ketones is 1. The monoisotopic (exact) mass is 484 g/mol. The van der Waals surface area contributed by atoms with E-state index in [0.717, 1.165) is 24.7 Å². The van der Waals surface area contributed by atoms with Crippen LogP contribution < -0.4 is 10.6 Å². The normalized spacial score (nSPS) is 15.0. The highest BCUT2D eigenvalue weighted by Gasteiger charge is 2.31.